The number of hydrogen-bond acceptors (Lipinski definition) is 5. The summed E-state index contributed by atoms with van der Waals surface area (Å²) in [5, 5.41) is 2.96. The molecule has 2 saturated heterocycles. The van der Waals surface area contributed by atoms with Crippen molar-refractivity contribution in [3.63, 3.8) is 0 Å². The molecule has 0 saturated carbocycles. The quantitative estimate of drug-likeness (QED) is 0.887. The van der Waals surface area contributed by atoms with Gasteiger partial charge in [0.1, 0.15) is 6.10 Å². The van der Waals surface area contributed by atoms with E-state index in [9.17, 15) is 4.79 Å². The molecule has 24 heavy (non-hydrogen) atoms. The number of carbonyl (C=O) groups excluding carboxylic acids is 1. The van der Waals surface area contributed by atoms with Gasteiger partial charge >= 0.3 is 0 Å². The predicted octanol–water partition coefficient (Wildman–Crippen LogP) is 1.59. The number of ether oxygens (including phenoxy) is 2. The Balaban J connectivity index is 1.58. The second kappa shape index (κ2) is 7.49. The minimum Gasteiger partial charge on any atom is -0.481 e. The van der Waals surface area contributed by atoms with Crippen molar-refractivity contribution in [2.75, 3.05) is 20.2 Å². The number of nitrogens with zero attached hydrogens (tertiary/aromatic N) is 2. The Morgan fingerprint density at radius 1 is 1.54 bits per heavy atom. The lowest BCUT2D eigenvalue weighted by molar-refractivity contribution is -0.133. The minimum atomic E-state index is -0.296. The Morgan fingerprint density at radius 2 is 2.38 bits per heavy atom. The molecule has 0 aromatic carbocycles. The fraction of sp³-hybridized carbons (Fsp3) is 0.667. The van der Waals surface area contributed by atoms with E-state index in [1.807, 2.05) is 26.0 Å². The first-order chi connectivity index (χ1) is 11.6. The summed E-state index contributed by atoms with van der Waals surface area (Å²) in [5.41, 5.74) is 1.09. The number of fused-ring (bicyclic) bond motifs is 1. The van der Waals surface area contributed by atoms with Crippen LogP contribution >= 0.6 is 0 Å². The molecule has 3 atom stereocenters. The fourth-order valence-electron chi connectivity index (χ4n) is 3.65. The Labute approximate surface area is 143 Å². The summed E-state index contributed by atoms with van der Waals surface area (Å²) in [6, 6.07) is 4.13. The number of hydrogen-bond donors (Lipinski definition) is 1. The zero-order chi connectivity index (χ0) is 17.1. The van der Waals surface area contributed by atoms with E-state index in [4.69, 9.17) is 9.47 Å². The number of likely N-dealkylation sites (tertiary alicyclic amines) is 1. The molecule has 1 aromatic rings. The van der Waals surface area contributed by atoms with Gasteiger partial charge in [0.15, 0.2) is 0 Å². The molecule has 0 aliphatic carbocycles. The van der Waals surface area contributed by atoms with Crippen LogP contribution < -0.4 is 10.1 Å². The average Bonchev–Trinajstić information content (AvgIpc) is 2.98. The molecule has 1 aromatic heterocycles. The number of aromatic nitrogens is 1. The highest BCUT2D eigenvalue weighted by atomic mass is 16.5. The van der Waals surface area contributed by atoms with E-state index in [2.05, 4.69) is 15.2 Å². The third-order valence-corrected chi connectivity index (χ3v) is 4.80. The lowest BCUT2D eigenvalue weighted by Gasteiger charge is -2.34. The Bertz CT molecular complexity index is 578. The lowest BCUT2D eigenvalue weighted by Crippen LogP contribution is -2.42. The molecule has 1 amide bonds. The van der Waals surface area contributed by atoms with E-state index in [-0.39, 0.29) is 24.2 Å². The maximum Gasteiger partial charge on any atom is 0.249 e. The number of nitrogens with one attached hydrogen (secondary N) is 1. The van der Waals surface area contributed by atoms with Gasteiger partial charge in [-0.25, -0.2) is 4.98 Å². The average molecular weight is 333 g/mol. The number of amides is 1. The van der Waals surface area contributed by atoms with Crippen molar-refractivity contribution in [2.45, 2.75) is 51.5 Å². The first-order valence-electron chi connectivity index (χ1n) is 8.73. The van der Waals surface area contributed by atoms with Crippen molar-refractivity contribution in [2.24, 2.45) is 5.92 Å². The van der Waals surface area contributed by atoms with Crippen LogP contribution in [-0.4, -0.2) is 54.2 Å². The SMILES string of the molecule is COc1ncccc1CN1CC[C@H]2C[C@H](C(=O)NC(C)C)O[C@H]2C1. The van der Waals surface area contributed by atoms with Crippen molar-refractivity contribution >= 4 is 5.91 Å². The number of rotatable bonds is 5. The molecule has 0 spiro atoms. The van der Waals surface area contributed by atoms with Gasteiger partial charge in [-0.2, -0.15) is 0 Å². The first kappa shape index (κ1) is 17.2. The summed E-state index contributed by atoms with van der Waals surface area (Å²) in [6.07, 6.45) is 3.50. The van der Waals surface area contributed by atoms with Crippen LogP contribution in [0.4, 0.5) is 0 Å². The molecular formula is C18H27N3O3. The van der Waals surface area contributed by atoms with Crippen LogP contribution in [0.2, 0.25) is 0 Å². The van der Waals surface area contributed by atoms with Crippen molar-refractivity contribution < 1.29 is 14.3 Å². The normalized spacial score (nSPS) is 27.1. The van der Waals surface area contributed by atoms with E-state index < -0.39 is 0 Å². The van der Waals surface area contributed by atoms with Gasteiger partial charge in [-0.05, 0) is 45.2 Å². The van der Waals surface area contributed by atoms with E-state index in [1.54, 1.807) is 13.3 Å². The van der Waals surface area contributed by atoms with Gasteiger partial charge in [-0.3, -0.25) is 9.69 Å². The number of carbonyl (C=O) groups is 1. The van der Waals surface area contributed by atoms with Gasteiger partial charge in [-0.1, -0.05) is 6.07 Å². The highest BCUT2D eigenvalue weighted by Gasteiger charge is 2.41. The van der Waals surface area contributed by atoms with Crippen LogP contribution in [0.25, 0.3) is 0 Å². The van der Waals surface area contributed by atoms with Crippen LogP contribution in [0.5, 0.6) is 5.88 Å². The number of methoxy groups -OCH3 is 1. The maximum absolute atomic E-state index is 12.2. The van der Waals surface area contributed by atoms with Crippen molar-refractivity contribution in [3.05, 3.63) is 23.9 Å². The molecule has 3 rings (SSSR count). The van der Waals surface area contributed by atoms with E-state index in [0.29, 0.717) is 11.8 Å². The molecule has 6 heteroatoms. The molecule has 0 bridgehead atoms. The van der Waals surface area contributed by atoms with Crippen molar-refractivity contribution in [3.8, 4) is 5.88 Å². The van der Waals surface area contributed by atoms with Crippen molar-refractivity contribution in [1.82, 2.24) is 15.2 Å². The Hall–Kier alpha value is -1.66. The maximum atomic E-state index is 12.2. The van der Waals surface area contributed by atoms with Gasteiger partial charge in [-0.15, -0.1) is 0 Å². The van der Waals surface area contributed by atoms with Crippen LogP contribution in [0, 0.1) is 5.92 Å². The van der Waals surface area contributed by atoms with Crippen LogP contribution in [0.15, 0.2) is 18.3 Å². The summed E-state index contributed by atoms with van der Waals surface area (Å²) in [7, 11) is 1.65. The Kier molecular flexibility index (Phi) is 5.36. The van der Waals surface area contributed by atoms with E-state index >= 15 is 0 Å². The predicted molar refractivity (Wildman–Crippen MR) is 90.7 cm³/mol. The van der Waals surface area contributed by atoms with Gasteiger partial charge in [0.2, 0.25) is 11.8 Å². The second-order valence-electron chi connectivity index (χ2n) is 7.02. The molecule has 2 aliphatic rings. The monoisotopic (exact) mass is 333 g/mol. The highest BCUT2D eigenvalue weighted by molar-refractivity contribution is 5.81. The largest absolute Gasteiger partial charge is 0.481 e. The third kappa shape index (κ3) is 3.87. The smallest absolute Gasteiger partial charge is 0.249 e. The highest BCUT2D eigenvalue weighted by Crippen LogP contribution is 2.34. The summed E-state index contributed by atoms with van der Waals surface area (Å²) in [6.45, 7) is 6.62. The van der Waals surface area contributed by atoms with Gasteiger partial charge in [0, 0.05) is 30.9 Å². The second-order valence-corrected chi connectivity index (χ2v) is 7.02. The molecule has 0 radical (unpaired) electrons. The minimum absolute atomic E-state index is 0.0277. The first-order valence-corrected chi connectivity index (χ1v) is 8.73. The molecule has 6 nitrogen and oxygen atoms in total. The van der Waals surface area contributed by atoms with Gasteiger partial charge in [0.25, 0.3) is 0 Å². The number of pyridine rings is 1. The fourth-order valence-corrected chi connectivity index (χ4v) is 3.65. The van der Waals surface area contributed by atoms with Crippen molar-refractivity contribution in [1.29, 1.82) is 0 Å². The molecule has 132 valence electrons. The van der Waals surface area contributed by atoms with Gasteiger partial charge in [0.05, 0.1) is 13.2 Å². The van der Waals surface area contributed by atoms with E-state index in [1.165, 1.54) is 0 Å². The molecule has 2 fully saturated rings. The topological polar surface area (TPSA) is 63.7 Å². The Morgan fingerprint density at radius 3 is 3.12 bits per heavy atom. The van der Waals surface area contributed by atoms with Crippen LogP contribution in [-0.2, 0) is 16.1 Å². The summed E-state index contributed by atoms with van der Waals surface area (Å²) < 4.78 is 11.4. The van der Waals surface area contributed by atoms with Crippen LogP contribution in [0.1, 0.15) is 32.3 Å². The molecule has 1 N–H and O–H groups in total. The van der Waals surface area contributed by atoms with Crippen LogP contribution in [0.3, 0.4) is 0 Å². The molecule has 3 heterocycles. The lowest BCUT2D eigenvalue weighted by atomic mass is 9.91. The third-order valence-electron chi connectivity index (χ3n) is 4.80. The van der Waals surface area contributed by atoms with Gasteiger partial charge < -0.3 is 14.8 Å². The molecule has 0 unspecified atom stereocenters. The zero-order valence-corrected chi connectivity index (χ0v) is 14.7. The standard InChI is InChI=1S/C18H27N3O3/c1-12(2)20-17(22)15-9-13-6-8-21(11-16(13)24-15)10-14-5-4-7-19-18(14)23-3/h4-5,7,12-13,15-16H,6,8-11H2,1-3H3,(H,20,22)/t13-,15+,16-/m0/s1. The summed E-state index contributed by atoms with van der Waals surface area (Å²) in [5.74, 6) is 1.20. The summed E-state index contributed by atoms with van der Waals surface area (Å²) in [4.78, 5) is 18.8. The molecular weight excluding hydrogens is 306 g/mol. The van der Waals surface area contributed by atoms with E-state index in [0.717, 1.165) is 38.0 Å². The summed E-state index contributed by atoms with van der Waals surface area (Å²) >= 11 is 0. The zero-order valence-electron chi connectivity index (χ0n) is 14.7. The molecule has 2 aliphatic heterocycles. The number of piperidine rings is 1.